The molecule has 1 N–H and O–H groups in total. The third kappa shape index (κ3) is 4.44. The highest BCUT2D eigenvalue weighted by Gasteiger charge is 2.31. The number of quaternary nitrogens is 1. The molecule has 0 aromatic heterocycles. The molecule has 88 valence electrons. The summed E-state index contributed by atoms with van der Waals surface area (Å²) in [6, 6.07) is 0. The number of carbonyl (C=O) groups excluding carboxylic acids is 1. The molecule has 4 nitrogen and oxygen atoms in total. The fraction of sp³-hybridized carbons (Fsp3) is 0.727. The molecule has 0 saturated carbocycles. The minimum absolute atomic E-state index is 0.282. The summed E-state index contributed by atoms with van der Waals surface area (Å²) in [7, 11) is 1.95. The highest BCUT2D eigenvalue weighted by Crippen LogP contribution is 2.12. The van der Waals surface area contributed by atoms with E-state index in [0.29, 0.717) is 11.0 Å². The maximum atomic E-state index is 11.1. The normalized spacial score (nSPS) is 18.7. The van der Waals surface area contributed by atoms with Crippen molar-refractivity contribution in [3.63, 3.8) is 0 Å². The quantitative estimate of drug-likeness (QED) is 0.311. The number of carbonyl (C=O) groups is 1. The molecule has 0 radical (unpaired) electrons. The molecule has 0 aliphatic heterocycles. The predicted octanol–water partition coefficient (Wildman–Crippen LogP) is 0.909. The first-order chi connectivity index (χ1) is 6.85. The van der Waals surface area contributed by atoms with Crippen LogP contribution in [0.3, 0.4) is 0 Å². The number of aliphatic hydroxyl groups is 1. The van der Waals surface area contributed by atoms with Gasteiger partial charge in [-0.1, -0.05) is 6.58 Å². The van der Waals surface area contributed by atoms with Crippen LogP contribution in [-0.4, -0.2) is 48.0 Å². The molecule has 0 aromatic carbocycles. The lowest BCUT2D eigenvalue weighted by atomic mass is 10.3. The fourth-order valence-corrected chi connectivity index (χ4v) is 1.48. The van der Waals surface area contributed by atoms with E-state index >= 15 is 0 Å². The SMILES string of the molecule is C=CC(=O)OC(C)[N+](C)(CC)CC(C)O. The van der Waals surface area contributed by atoms with Crippen LogP contribution in [0.25, 0.3) is 0 Å². The van der Waals surface area contributed by atoms with Crippen LogP contribution in [0.5, 0.6) is 0 Å². The molecule has 0 rings (SSSR count). The number of ether oxygens (including phenoxy) is 1. The van der Waals surface area contributed by atoms with E-state index in [0.717, 1.165) is 12.6 Å². The summed E-state index contributed by atoms with van der Waals surface area (Å²) in [6.07, 6.45) is 0.453. The van der Waals surface area contributed by atoms with Crippen molar-refractivity contribution in [3.8, 4) is 0 Å². The van der Waals surface area contributed by atoms with Crippen LogP contribution < -0.4 is 0 Å². The number of hydrogen-bond acceptors (Lipinski definition) is 3. The molecule has 3 unspecified atom stereocenters. The summed E-state index contributed by atoms with van der Waals surface area (Å²) in [5.74, 6) is -0.425. The number of hydrogen-bond donors (Lipinski definition) is 1. The molecule has 0 spiro atoms. The van der Waals surface area contributed by atoms with Crippen LogP contribution in [0.4, 0.5) is 0 Å². The summed E-state index contributed by atoms with van der Waals surface area (Å²) < 4.78 is 5.66. The molecule has 0 saturated heterocycles. The lowest BCUT2D eigenvalue weighted by molar-refractivity contribution is -0.951. The number of rotatable bonds is 6. The number of nitrogens with zero attached hydrogens (tertiary/aromatic N) is 1. The smallest absolute Gasteiger partial charge is 0.334 e. The molecule has 0 fully saturated rings. The third-order valence-corrected chi connectivity index (χ3v) is 2.73. The Morgan fingerprint density at radius 3 is 2.47 bits per heavy atom. The zero-order valence-corrected chi connectivity index (χ0v) is 10.1. The zero-order chi connectivity index (χ0) is 12.1. The van der Waals surface area contributed by atoms with Gasteiger partial charge in [0, 0.05) is 13.0 Å². The van der Waals surface area contributed by atoms with E-state index in [2.05, 4.69) is 6.58 Å². The molecule has 0 bridgehead atoms. The van der Waals surface area contributed by atoms with Crippen LogP contribution in [-0.2, 0) is 9.53 Å². The van der Waals surface area contributed by atoms with E-state index in [9.17, 15) is 9.90 Å². The number of likely N-dealkylation sites (N-methyl/N-ethyl adjacent to an activating group) is 1. The van der Waals surface area contributed by atoms with Gasteiger partial charge in [0.1, 0.15) is 12.6 Å². The lowest BCUT2D eigenvalue weighted by Crippen LogP contribution is -2.55. The Hall–Kier alpha value is -0.870. The van der Waals surface area contributed by atoms with Gasteiger partial charge in [0.15, 0.2) is 0 Å². The van der Waals surface area contributed by atoms with Crippen LogP contribution in [0, 0.1) is 0 Å². The maximum Gasteiger partial charge on any atom is 0.334 e. The summed E-state index contributed by atoms with van der Waals surface area (Å²) in [5, 5.41) is 9.38. The first-order valence-electron chi connectivity index (χ1n) is 5.21. The van der Waals surface area contributed by atoms with Crippen LogP contribution in [0.1, 0.15) is 20.8 Å². The Morgan fingerprint density at radius 2 is 2.13 bits per heavy atom. The fourth-order valence-electron chi connectivity index (χ4n) is 1.48. The maximum absolute atomic E-state index is 11.1. The van der Waals surface area contributed by atoms with Gasteiger partial charge < -0.3 is 9.84 Å². The van der Waals surface area contributed by atoms with Crippen LogP contribution in [0.2, 0.25) is 0 Å². The van der Waals surface area contributed by atoms with Gasteiger partial charge in [-0.2, -0.15) is 0 Å². The van der Waals surface area contributed by atoms with Crippen LogP contribution in [0.15, 0.2) is 12.7 Å². The van der Waals surface area contributed by atoms with E-state index in [1.54, 1.807) is 6.92 Å². The molecule has 0 aliphatic carbocycles. The van der Waals surface area contributed by atoms with Crippen molar-refractivity contribution < 1.29 is 19.1 Å². The zero-order valence-electron chi connectivity index (χ0n) is 10.1. The van der Waals surface area contributed by atoms with Gasteiger partial charge in [-0.25, -0.2) is 4.79 Å². The van der Waals surface area contributed by atoms with Gasteiger partial charge in [0.2, 0.25) is 6.23 Å². The van der Waals surface area contributed by atoms with Gasteiger partial charge in [-0.15, -0.1) is 0 Å². The Balaban J connectivity index is 4.49. The Morgan fingerprint density at radius 1 is 1.60 bits per heavy atom. The lowest BCUT2D eigenvalue weighted by Gasteiger charge is -2.38. The Bertz CT molecular complexity index is 228. The molecule has 0 aliphatic rings. The molecular formula is C11H22NO3+. The van der Waals surface area contributed by atoms with Crippen molar-refractivity contribution in [1.82, 2.24) is 0 Å². The van der Waals surface area contributed by atoms with E-state index < -0.39 is 12.1 Å². The van der Waals surface area contributed by atoms with Crippen molar-refractivity contribution in [1.29, 1.82) is 0 Å². The largest absolute Gasteiger partial charge is 0.410 e. The Kier molecular flexibility index (Phi) is 5.54. The van der Waals surface area contributed by atoms with E-state index in [1.807, 2.05) is 20.9 Å². The average Bonchev–Trinajstić information content (AvgIpc) is 2.16. The van der Waals surface area contributed by atoms with Crippen molar-refractivity contribution in [2.75, 3.05) is 20.1 Å². The van der Waals surface area contributed by atoms with Crippen molar-refractivity contribution in [2.24, 2.45) is 0 Å². The average molecular weight is 216 g/mol. The molecule has 0 amide bonds. The second kappa shape index (κ2) is 5.88. The topological polar surface area (TPSA) is 46.5 Å². The summed E-state index contributed by atoms with van der Waals surface area (Å²) in [5.41, 5.74) is 0. The molecule has 0 heterocycles. The van der Waals surface area contributed by atoms with Gasteiger partial charge in [-0.05, 0) is 13.8 Å². The second-order valence-corrected chi connectivity index (χ2v) is 4.07. The van der Waals surface area contributed by atoms with Crippen molar-refractivity contribution in [2.45, 2.75) is 33.1 Å². The van der Waals surface area contributed by atoms with Gasteiger partial charge in [0.25, 0.3) is 0 Å². The highest BCUT2D eigenvalue weighted by atomic mass is 16.6. The third-order valence-electron chi connectivity index (χ3n) is 2.73. The molecule has 0 aromatic rings. The monoisotopic (exact) mass is 216 g/mol. The molecule has 15 heavy (non-hydrogen) atoms. The van der Waals surface area contributed by atoms with Gasteiger partial charge in [0.05, 0.1) is 13.6 Å². The standard InChI is InChI=1S/C11H22NO3/c1-6-11(14)15-10(4)12(5,7-2)8-9(3)13/h6,9-10,13H,1,7-8H2,2-5H3/q+1. The molecule has 4 heteroatoms. The molecular weight excluding hydrogens is 194 g/mol. The predicted molar refractivity (Wildman–Crippen MR) is 59.0 cm³/mol. The summed E-state index contributed by atoms with van der Waals surface area (Å²) in [6.45, 7) is 10.3. The summed E-state index contributed by atoms with van der Waals surface area (Å²) in [4.78, 5) is 11.1. The first kappa shape index (κ1) is 14.1. The van der Waals surface area contributed by atoms with Crippen molar-refractivity contribution >= 4 is 5.97 Å². The highest BCUT2D eigenvalue weighted by molar-refractivity contribution is 5.81. The minimum atomic E-state index is -0.425. The Labute approximate surface area is 91.7 Å². The number of esters is 1. The minimum Gasteiger partial charge on any atom is -0.410 e. The molecule has 3 atom stereocenters. The first-order valence-corrected chi connectivity index (χ1v) is 5.21. The van der Waals surface area contributed by atoms with Crippen LogP contribution >= 0.6 is 0 Å². The van der Waals surface area contributed by atoms with E-state index in [-0.39, 0.29) is 6.23 Å². The number of aliphatic hydroxyl groups excluding tert-OH is 1. The second-order valence-electron chi connectivity index (χ2n) is 4.07. The summed E-state index contributed by atoms with van der Waals surface area (Å²) >= 11 is 0. The van der Waals surface area contributed by atoms with E-state index in [1.165, 1.54) is 0 Å². The van der Waals surface area contributed by atoms with Gasteiger partial charge in [-0.3, -0.25) is 4.48 Å². The van der Waals surface area contributed by atoms with Crippen molar-refractivity contribution in [3.05, 3.63) is 12.7 Å². The van der Waals surface area contributed by atoms with Gasteiger partial charge >= 0.3 is 5.97 Å². The van der Waals surface area contributed by atoms with E-state index in [4.69, 9.17) is 4.74 Å².